The molecule has 13 heavy (non-hydrogen) atoms. The van der Waals surface area contributed by atoms with Crippen LogP contribution in [0.1, 0.15) is 26.2 Å². The molecule has 0 aromatic carbocycles. The molecular weight excluding hydrogens is 160 g/mol. The Bertz CT molecular complexity index is 254. The second kappa shape index (κ2) is 3.77. The largest absolute Gasteiger partial charge is 0.382 e. The summed E-state index contributed by atoms with van der Waals surface area (Å²) in [6.45, 7) is 2.27. The summed E-state index contributed by atoms with van der Waals surface area (Å²) in [5, 5.41) is 3.50. The lowest BCUT2D eigenvalue weighted by molar-refractivity contribution is 0.285. The summed E-state index contributed by atoms with van der Waals surface area (Å²) >= 11 is 0. The van der Waals surface area contributed by atoms with Crippen LogP contribution in [0.2, 0.25) is 0 Å². The van der Waals surface area contributed by atoms with Gasteiger partial charge < -0.3 is 5.32 Å². The first-order chi connectivity index (χ1) is 6.36. The first-order valence-electron chi connectivity index (χ1n) is 5.03. The number of pyridine rings is 1. The Morgan fingerprint density at radius 2 is 2.08 bits per heavy atom. The molecule has 70 valence electrons. The van der Waals surface area contributed by atoms with Gasteiger partial charge in [-0.2, -0.15) is 0 Å². The van der Waals surface area contributed by atoms with Crippen molar-refractivity contribution in [3.05, 3.63) is 24.5 Å². The van der Waals surface area contributed by atoms with E-state index in [9.17, 15) is 0 Å². The van der Waals surface area contributed by atoms with Gasteiger partial charge >= 0.3 is 0 Å². The number of hydrogen-bond acceptors (Lipinski definition) is 2. The lowest BCUT2D eigenvalue weighted by Crippen LogP contribution is -2.30. The molecule has 2 rings (SSSR count). The van der Waals surface area contributed by atoms with Crippen molar-refractivity contribution in [1.82, 2.24) is 4.98 Å². The van der Waals surface area contributed by atoms with E-state index in [2.05, 4.69) is 17.2 Å². The summed E-state index contributed by atoms with van der Waals surface area (Å²) in [5.41, 5.74) is 1.19. The van der Waals surface area contributed by atoms with Crippen molar-refractivity contribution in [2.75, 3.05) is 5.32 Å². The first kappa shape index (κ1) is 8.54. The van der Waals surface area contributed by atoms with Crippen molar-refractivity contribution in [3.8, 4) is 0 Å². The Hall–Kier alpha value is -1.05. The van der Waals surface area contributed by atoms with Gasteiger partial charge in [0.05, 0.1) is 0 Å². The Morgan fingerprint density at radius 1 is 1.38 bits per heavy atom. The molecule has 0 bridgehead atoms. The molecule has 1 saturated carbocycles. The zero-order valence-electron chi connectivity index (χ0n) is 8.03. The van der Waals surface area contributed by atoms with E-state index in [-0.39, 0.29) is 0 Å². The maximum atomic E-state index is 3.99. The summed E-state index contributed by atoms with van der Waals surface area (Å²) in [6, 6.07) is 4.65. The second-order valence-corrected chi connectivity index (χ2v) is 3.86. The van der Waals surface area contributed by atoms with Crippen molar-refractivity contribution < 1.29 is 0 Å². The minimum Gasteiger partial charge on any atom is -0.382 e. The standard InChI is InChI=1S/C11H16N2/c1-9(10-3-2-4-10)13-11-5-7-12-8-6-11/h5-10H,2-4H2,1H3,(H,12,13). The molecule has 1 aliphatic rings. The van der Waals surface area contributed by atoms with E-state index >= 15 is 0 Å². The molecule has 1 N–H and O–H groups in total. The van der Waals surface area contributed by atoms with E-state index in [0.29, 0.717) is 6.04 Å². The molecule has 1 atom stereocenters. The lowest BCUT2D eigenvalue weighted by Gasteiger charge is -2.32. The van der Waals surface area contributed by atoms with E-state index in [1.165, 1.54) is 24.9 Å². The lowest BCUT2D eigenvalue weighted by atomic mass is 9.80. The van der Waals surface area contributed by atoms with E-state index in [1.807, 2.05) is 24.5 Å². The summed E-state index contributed by atoms with van der Waals surface area (Å²) in [7, 11) is 0. The Labute approximate surface area is 79.4 Å². The van der Waals surface area contributed by atoms with Gasteiger partial charge in [0.1, 0.15) is 0 Å². The molecule has 0 aliphatic heterocycles. The Morgan fingerprint density at radius 3 is 2.62 bits per heavy atom. The summed E-state index contributed by atoms with van der Waals surface area (Å²) in [5.74, 6) is 0.883. The van der Waals surface area contributed by atoms with Crippen LogP contribution >= 0.6 is 0 Å². The van der Waals surface area contributed by atoms with Gasteiger partial charge in [0.2, 0.25) is 0 Å². The van der Waals surface area contributed by atoms with Crippen LogP contribution in [-0.4, -0.2) is 11.0 Å². The Kier molecular flexibility index (Phi) is 2.48. The summed E-state index contributed by atoms with van der Waals surface area (Å²) in [6.07, 6.45) is 7.84. The van der Waals surface area contributed by atoms with Crippen LogP contribution in [0, 0.1) is 5.92 Å². The van der Waals surface area contributed by atoms with Crippen molar-refractivity contribution in [3.63, 3.8) is 0 Å². The number of rotatable bonds is 3. The van der Waals surface area contributed by atoms with E-state index in [4.69, 9.17) is 0 Å². The number of hydrogen-bond donors (Lipinski definition) is 1. The highest BCUT2D eigenvalue weighted by molar-refractivity contribution is 5.41. The normalized spacial score (nSPS) is 19.2. The zero-order valence-corrected chi connectivity index (χ0v) is 8.03. The van der Waals surface area contributed by atoms with Crippen LogP contribution in [0.3, 0.4) is 0 Å². The van der Waals surface area contributed by atoms with Crippen LogP contribution in [0.15, 0.2) is 24.5 Å². The fraction of sp³-hybridized carbons (Fsp3) is 0.545. The smallest absolute Gasteiger partial charge is 0.0373 e. The average molecular weight is 176 g/mol. The van der Waals surface area contributed by atoms with E-state index in [0.717, 1.165) is 5.92 Å². The average Bonchev–Trinajstić information content (AvgIpc) is 2.02. The van der Waals surface area contributed by atoms with Crippen molar-refractivity contribution in [2.24, 2.45) is 5.92 Å². The molecule has 1 heterocycles. The van der Waals surface area contributed by atoms with Gasteiger partial charge in [-0.1, -0.05) is 6.42 Å². The van der Waals surface area contributed by atoms with Gasteiger partial charge in [-0.3, -0.25) is 4.98 Å². The van der Waals surface area contributed by atoms with Crippen LogP contribution in [0.5, 0.6) is 0 Å². The monoisotopic (exact) mass is 176 g/mol. The number of anilines is 1. The van der Waals surface area contributed by atoms with Crippen molar-refractivity contribution >= 4 is 5.69 Å². The molecule has 0 radical (unpaired) electrons. The van der Waals surface area contributed by atoms with Gasteiger partial charge in [0, 0.05) is 24.1 Å². The topological polar surface area (TPSA) is 24.9 Å². The van der Waals surface area contributed by atoms with Crippen LogP contribution < -0.4 is 5.32 Å². The second-order valence-electron chi connectivity index (χ2n) is 3.86. The fourth-order valence-electron chi connectivity index (χ4n) is 1.77. The van der Waals surface area contributed by atoms with Crippen molar-refractivity contribution in [1.29, 1.82) is 0 Å². The third-order valence-electron chi connectivity index (χ3n) is 2.93. The molecule has 1 unspecified atom stereocenters. The van der Waals surface area contributed by atoms with E-state index in [1.54, 1.807) is 0 Å². The molecule has 0 spiro atoms. The zero-order chi connectivity index (χ0) is 9.10. The summed E-state index contributed by atoms with van der Waals surface area (Å²) in [4.78, 5) is 3.99. The molecule has 2 heteroatoms. The summed E-state index contributed by atoms with van der Waals surface area (Å²) < 4.78 is 0. The maximum Gasteiger partial charge on any atom is 0.0373 e. The van der Waals surface area contributed by atoms with Crippen LogP contribution in [0.4, 0.5) is 5.69 Å². The van der Waals surface area contributed by atoms with Gasteiger partial charge in [-0.05, 0) is 37.8 Å². The molecule has 0 saturated heterocycles. The van der Waals surface area contributed by atoms with E-state index < -0.39 is 0 Å². The molecule has 2 nitrogen and oxygen atoms in total. The predicted octanol–water partition coefficient (Wildman–Crippen LogP) is 2.68. The molecular formula is C11H16N2. The number of nitrogens with zero attached hydrogens (tertiary/aromatic N) is 1. The molecule has 1 aromatic rings. The van der Waals surface area contributed by atoms with Gasteiger partial charge in [0.15, 0.2) is 0 Å². The minimum absolute atomic E-state index is 0.608. The highest BCUT2D eigenvalue weighted by Gasteiger charge is 2.23. The van der Waals surface area contributed by atoms with Gasteiger partial charge in [0.25, 0.3) is 0 Å². The highest BCUT2D eigenvalue weighted by atomic mass is 14.9. The first-order valence-corrected chi connectivity index (χ1v) is 5.03. The highest BCUT2D eigenvalue weighted by Crippen LogP contribution is 2.30. The maximum absolute atomic E-state index is 3.99. The SMILES string of the molecule is CC(Nc1ccncc1)C1CCC1. The quantitative estimate of drug-likeness (QED) is 0.766. The number of aromatic nitrogens is 1. The van der Waals surface area contributed by atoms with Crippen molar-refractivity contribution in [2.45, 2.75) is 32.2 Å². The predicted molar refractivity (Wildman–Crippen MR) is 54.7 cm³/mol. The molecule has 1 fully saturated rings. The van der Waals surface area contributed by atoms with Crippen LogP contribution in [-0.2, 0) is 0 Å². The molecule has 1 aliphatic carbocycles. The third kappa shape index (κ3) is 2.00. The Balaban J connectivity index is 1.90. The van der Waals surface area contributed by atoms with Gasteiger partial charge in [-0.15, -0.1) is 0 Å². The molecule has 1 aromatic heterocycles. The van der Waals surface area contributed by atoms with Crippen LogP contribution in [0.25, 0.3) is 0 Å². The third-order valence-corrected chi connectivity index (χ3v) is 2.93. The minimum atomic E-state index is 0.608. The fourth-order valence-corrected chi connectivity index (χ4v) is 1.77. The number of nitrogens with one attached hydrogen (secondary N) is 1. The molecule has 0 amide bonds. The van der Waals surface area contributed by atoms with Gasteiger partial charge in [-0.25, -0.2) is 0 Å².